The maximum Gasteiger partial charge on any atom is 0.680 e. The summed E-state index contributed by atoms with van der Waals surface area (Å²) >= 11 is 1.08. The molecule has 0 aliphatic carbocycles. The van der Waals surface area contributed by atoms with Crippen LogP contribution >= 0.6 is 11.8 Å². The molecule has 0 aromatic rings. The third kappa shape index (κ3) is 6.73. The maximum absolute atomic E-state index is 8.79. The summed E-state index contributed by atoms with van der Waals surface area (Å²) in [4.78, 5) is 0. The van der Waals surface area contributed by atoms with Crippen LogP contribution in [0.15, 0.2) is 0 Å². The molecular weight excluding hydrogens is 270 g/mol. The van der Waals surface area contributed by atoms with Crippen LogP contribution in [0.2, 0.25) is 0 Å². The Bertz CT molecular complexity index is 256. The van der Waals surface area contributed by atoms with Crippen molar-refractivity contribution in [2.24, 2.45) is 0 Å². The van der Waals surface area contributed by atoms with Gasteiger partial charge in [-0.1, -0.05) is 19.8 Å². The monoisotopic (exact) mass is 293 g/mol. The highest BCUT2D eigenvalue weighted by Gasteiger charge is 2.46. The van der Waals surface area contributed by atoms with Crippen LogP contribution in [0.1, 0.15) is 40.0 Å². The summed E-state index contributed by atoms with van der Waals surface area (Å²) in [7, 11) is -0.117. The summed E-state index contributed by atoms with van der Waals surface area (Å²) in [5.41, 5.74) is -0.278. The van der Waals surface area contributed by atoms with E-state index < -0.39 is 9.05 Å². The van der Waals surface area contributed by atoms with Crippen LogP contribution in [0.5, 0.6) is 0 Å². The average Bonchev–Trinajstić information content (AvgIpc) is 2.34. The molecule has 0 radical (unpaired) electrons. The molecule has 0 bridgehead atoms. The van der Waals surface area contributed by atoms with Gasteiger partial charge in [-0.3, -0.25) is 0 Å². The molecule has 1 atom stereocenters. The van der Waals surface area contributed by atoms with E-state index in [2.05, 4.69) is 6.92 Å². The van der Waals surface area contributed by atoms with E-state index in [1.54, 1.807) is 0 Å². The highest BCUT2D eigenvalue weighted by Crippen LogP contribution is 2.24. The van der Waals surface area contributed by atoms with E-state index in [0.717, 1.165) is 31.0 Å². The lowest BCUT2D eigenvalue weighted by Crippen LogP contribution is -2.50. The molecule has 0 spiro atoms. The molecule has 0 aliphatic heterocycles. The van der Waals surface area contributed by atoms with E-state index in [1.807, 2.05) is 19.2 Å². The smallest absolute Gasteiger partial charge is 0.355 e. The van der Waals surface area contributed by atoms with Gasteiger partial charge in [-0.2, -0.15) is 5.26 Å². The predicted octanol–water partition coefficient (Wildman–Crippen LogP) is 2.89. The standard InChI is InChI=1S/C11H23NO4SSi/c1-6-7-8-11(17-9-12)16-18(13-4,14-5)15-10(2)3/h10-11H,6-8H2,1-5H3. The zero-order valence-corrected chi connectivity index (χ0v) is 13.6. The van der Waals surface area contributed by atoms with Gasteiger partial charge in [-0.25, -0.2) is 0 Å². The Morgan fingerprint density at radius 2 is 1.83 bits per heavy atom. The van der Waals surface area contributed by atoms with Crippen LogP contribution in [0.3, 0.4) is 0 Å². The van der Waals surface area contributed by atoms with Crippen molar-refractivity contribution in [1.29, 1.82) is 5.26 Å². The molecule has 0 saturated carbocycles. The lowest BCUT2D eigenvalue weighted by atomic mass is 10.3. The highest BCUT2D eigenvalue weighted by molar-refractivity contribution is 8.04. The molecule has 18 heavy (non-hydrogen) atoms. The van der Waals surface area contributed by atoms with Crippen LogP contribution in [-0.2, 0) is 17.7 Å². The second kappa shape index (κ2) is 9.78. The lowest BCUT2D eigenvalue weighted by Gasteiger charge is -2.29. The molecule has 0 heterocycles. The molecule has 0 aromatic carbocycles. The van der Waals surface area contributed by atoms with Gasteiger partial charge in [0.25, 0.3) is 0 Å². The van der Waals surface area contributed by atoms with Crippen molar-refractivity contribution in [3.63, 3.8) is 0 Å². The van der Waals surface area contributed by atoms with Gasteiger partial charge in [-0.15, -0.1) is 0 Å². The van der Waals surface area contributed by atoms with Crippen molar-refractivity contribution < 1.29 is 17.7 Å². The number of thioether (sulfide) groups is 1. The van der Waals surface area contributed by atoms with Crippen molar-refractivity contribution >= 4 is 20.8 Å². The highest BCUT2D eigenvalue weighted by atomic mass is 32.2. The lowest BCUT2D eigenvalue weighted by molar-refractivity contribution is -0.0329. The van der Waals surface area contributed by atoms with Crippen LogP contribution < -0.4 is 0 Å². The van der Waals surface area contributed by atoms with E-state index in [9.17, 15) is 0 Å². The molecule has 0 fully saturated rings. The molecule has 0 N–H and O–H groups in total. The van der Waals surface area contributed by atoms with E-state index >= 15 is 0 Å². The van der Waals surface area contributed by atoms with Crippen molar-refractivity contribution in [3.8, 4) is 5.40 Å². The number of unbranched alkanes of at least 4 members (excludes halogenated alkanes) is 1. The molecule has 106 valence electrons. The molecule has 0 aliphatic rings. The van der Waals surface area contributed by atoms with Gasteiger partial charge in [-0.05, 0) is 32.0 Å². The predicted molar refractivity (Wildman–Crippen MR) is 73.6 cm³/mol. The number of rotatable bonds is 10. The van der Waals surface area contributed by atoms with Gasteiger partial charge in [0.05, 0.1) is 0 Å². The molecule has 0 aromatic heterocycles. The molecule has 0 saturated heterocycles. The first-order chi connectivity index (χ1) is 8.53. The van der Waals surface area contributed by atoms with Crippen LogP contribution in [0.25, 0.3) is 0 Å². The Balaban J connectivity index is 4.63. The third-order valence-corrected chi connectivity index (χ3v) is 5.34. The largest absolute Gasteiger partial charge is 0.680 e. The van der Waals surface area contributed by atoms with Crippen molar-refractivity contribution in [2.75, 3.05) is 14.2 Å². The fraction of sp³-hybridized carbons (Fsp3) is 0.909. The van der Waals surface area contributed by atoms with Gasteiger partial charge in [0, 0.05) is 20.3 Å². The minimum Gasteiger partial charge on any atom is -0.355 e. The third-order valence-electron chi connectivity index (χ3n) is 2.13. The van der Waals surface area contributed by atoms with Crippen LogP contribution in [0.4, 0.5) is 0 Å². The van der Waals surface area contributed by atoms with Gasteiger partial charge in [0.1, 0.15) is 10.8 Å². The summed E-state index contributed by atoms with van der Waals surface area (Å²) in [6.07, 6.45) is 2.75. The summed E-state index contributed by atoms with van der Waals surface area (Å²) < 4.78 is 22.1. The normalized spacial score (nSPS) is 13.6. The summed E-state index contributed by atoms with van der Waals surface area (Å²) in [6, 6.07) is 0. The number of hydrogen-bond acceptors (Lipinski definition) is 6. The fourth-order valence-electron chi connectivity index (χ4n) is 1.32. The zero-order valence-electron chi connectivity index (χ0n) is 11.8. The summed E-state index contributed by atoms with van der Waals surface area (Å²) in [6.45, 7) is 5.87. The Morgan fingerprint density at radius 1 is 1.22 bits per heavy atom. The summed E-state index contributed by atoms with van der Waals surface area (Å²) in [5.74, 6) is 0. The fourth-order valence-corrected chi connectivity index (χ4v) is 3.90. The second-order valence-corrected chi connectivity index (χ2v) is 7.21. The number of thiocyanates is 1. The second-order valence-electron chi connectivity index (χ2n) is 3.97. The molecule has 5 nitrogen and oxygen atoms in total. The summed E-state index contributed by atoms with van der Waals surface area (Å²) in [5, 5.41) is 10.8. The first kappa shape index (κ1) is 17.9. The Hall–Kier alpha value is -0.103. The molecule has 7 heteroatoms. The van der Waals surface area contributed by atoms with Crippen molar-refractivity contribution in [3.05, 3.63) is 0 Å². The minimum absolute atomic E-state index is 0.0597. The quantitative estimate of drug-likeness (QED) is 0.351. The minimum atomic E-state index is -3.13. The van der Waals surface area contributed by atoms with Crippen LogP contribution in [0, 0.1) is 10.7 Å². The average molecular weight is 293 g/mol. The van der Waals surface area contributed by atoms with Gasteiger partial charge >= 0.3 is 9.05 Å². The number of hydrogen-bond donors (Lipinski definition) is 0. The SMILES string of the molecule is CCCCC(O[Si](OC)(OC)OC(C)C)SC#N. The molecule has 0 rings (SSSR count). The maximum atomic E-state index is 8.79. The van der Waals surface area contributed by atoms with E-state index in [-0.39, 0.29) is 11.5 Å². The van der Waals surface area contributed by atoms with E-state index in [0.29, 0.717) is 0 Å². The Labute approximate surface area is 115 Å². The van der Waals surface area contributed by atoms with E-state index in [4.69, 9.17) is 23.0 Å². The molecule has 0 amide bonds. The zero-order chi connectivity index (χ0) is 14.0. The van der Waals surface area contributed by atoms with E-state index in [1.165, 1.54) is 14.2 Å². The molecular formula is C11H23NO4SSi. The molecule has 1 unspecified atom stereocenters. The Morgan fingerprint density at radius 3 is 2.22 bits per heavy atom. The van der Waals surface area contributed by atoms with Gasteiger partial charge < -0.3 is 17.7 Å². The number of nitriles is 1. The number of nitrogens with zero attached hydrogens (tertiary/aromatic N) is 1. The Kier molecular flexibility index (Phi) is 9.72. The van der Waals surface area contributed by atoms with Crippen molar-refractivity contribution in [1.82, 2.24) is 0 Å². The van der Waals surface area contributed by atoms with Gasteiger partial charge in [0.15, 0.2) is 0 Å². The first-order valence-electron chi connectivity index (χ1n) is 6.04. The topological polar surface area (TPSA) is 60.7 Å². The van der Waals surface area contributed by atoms with Gasteiger partial charge in [0.2, 0.25) is 0 Å². The first-order valence-corrected chi connectivity index (χ1v) is 8.55. The van der Waals surface area contributed by atoms with Crippen LogP contribution in [-0.4, -0.2) is 34.8 Å². The van der Waals surface area contributed by atoms with Crippen molar-refractivity contribution in [2.45, 2.75) is 51.6 Å².